The number of hydrogen-bond donors (Lipinski definition) is 0. The molecule has 2 aliphatic heterocycles. The Labute approximate surface area is 157 Å². The van der Waals surface area contributed by atoms with E-state index >= 15 is 0 Å². The molecule has 2 aromatic rings. The van der Waals surface area contributed by atoms with Gasteiger partial charge in [-0.15, -0.1) is 11.3 Å². The fourth-order valence-electron chi connectivity index (χ4n) is 4.86. The number of thiazole rings is 1. The van der Waals surface area contributed by atoms with Crippen molar-refractivity contribution in [3.05, 3.63) is 29.3 Å². The molecule has 3 atom stereocenters. The second-order valence-electron chi connectivity index (χ2n) is 7.73. The number of likely N-dealkylation sites (tertiary alicyclic amines) is 2. The molecular formula is C20H23N3O2S. The standard InChI is InChI=1S/C20H23N3O2S/c24-19-13-6-1-2-7-14(13)20(25)23(19)12-22-11-5-9-16(22)18-21-15-8-3-4-10-17(15)26-18/h3-4,8,10,13-14,16H,1-2,5-7,9,11-12H2/t13-,14+,16-/m1/s1. The molecule has 0 bridgehead atoms. The SMILES string of the molecule is O=C1[C@H]2CCCC[C@H]2C(=O)N1CN1CCC[C@@H]1c1nc2ccccc2s1. The lowest BCUT2D eigenvalue weighted by Crippen LogP contribution is -2.41. The molecule has 0 spiro atoms. The minimum absolute atomic E-state index is 0.0558. The third-order valence-electron chi connectivity index (χ3n) is 6.21. The summed E-state index contributed by atoms with van der Waals surface area (Å²) >= 11 is 1.74. The van der Waals surface area contributed by atoms with E-state index in [4.69, 9.17) is 4.98 Å². The summed E-state index contributed by atoms with van der Waals surface area (Å²) in [5.74, 6) is 0.0174. The predicted octanol–water partition coefficient (Wildman–Crippen LogP) is 3.57. The number of fused-ring (bicyclic) bond motifs is 2. The number of benzene rings is 1. The summed E-state index contributed by atoms with van der Waals surface area (Å²) in [6.07, 6.45) is 6.05. The molecule has 3 fully saturated rings. The number of carbonyl (C=O) groups is 2. The van der Waals surface area contributed by atoms with Crippen LogP contribution in [0.4, 0.5) is 0 Å². The van der Waals surface area contributed by atoms with Gasteiger partial charge in [0.05, 0.1) is 34.8 Å². The average Bonchev–Trinajstić information content (AvgIpc) is 3.35. The first-order valence-electron chi connectivity index (χ1n) is 9.67. The molecule has 1 aliphatic carbocycles. The van der Waals surface area contributed by atoms with Gasteiger partial charge in [-0.1, -0.05) is 25.0 Å². The Balaban J connectivity index is 1.37. The zero-order valence-electron chi connectivity index (χ0n) is 14.8. The molecule has 2 saturated heterocycles. The maximum Gasteiger partial charge on any atom is 0.234 e. The van der Waals surface area contributed by atoms with Gasteiger partial charge in [0.25, 0.3) is 0 Å². The Kier molecular flexibility index (Phi) is 4.05. The van der Waals surface area contributed by atoms with Crippen molar-refractivity contribution in [3.63, 3.8) is 0 Å². The van der Waals surface area contributed by atoms with Crippen LogP contribution in [-0.2, 0) is 9.59 Å². The number of para-hydroxylation sites is 1. The largest absolute Gasteiger partial charge is 0.276 e. The Morgan fingerprint density at radius 3 is 2.46 bits per heavy atom. The Hall–Kier alpha value is -1.79. The molecule has 3 heterocycles. The van der Waals surface area contributed by atoms with Crippen LogP contribution in [0, 0.1) is 11.8 Å². The van der Waals surface area contributed by atoms with Gasteiger partial charge >= 0.3 is 0 Å². The topological polar surface area (TPSA) is 53.5 Å². The van der Waals surface area contributed by atoms with Crippen LogP contribution < -0.4 is 0 Å². The van der Waals surface area contributed by atoms with Crippen molar-refractivity contribution in [2.45, 2.75) is 44.6 Å². The minimum Gasteiger partial charge on any atom is -0.276 e. The van der Waals surface area contributed by atoms with E-state index in [-0.39, 0.29) is 29.7 Å². The van der Waals surface area contributed by atoms with Crippen LogP contribution in [0.25, 0.3) is 10.2 Å². The molecule has 5 nitrogen and oxygen atoms in total. The number of aromatic nitrogens is 1. The third kappa shape index (κ3) is 2.58. The predicted molar refractivity (Wildman–Crippen MR) is 100 cm³/mol. The van der Waals surface area contributed by atoms with Crippen molar-refractivity contribution in [1.29, 1.82) is 0 Å². The van der Waals surface area contributed by atoms with Gasteiger partial charge in [0.2, 0.25) is 11.8 Å². The highest BCUT2D eigenvalue weighted by atomic mass is 32.1. The summed E-state index contributed by atoms with van der Waals surface area (Å²) in [5, 5.41) is 1.11. The second-order valence-corrected chi connectivity index (χ2v) is 8.80. The van der Waals surface area contributed by atoms with Crippen molar-refractivity contribution >= 4 is 33.4 Å². The maximum absolute atomic E-state index is 12.8. The van der Waals surface area contributed by atoms with Gasteiger partial charge in [0, 0.05) is 6.54 Å². The van der Waals surface area contributed by atoms with Crippen LogP contribution in [0.2, 0.25) is 0 Å². The van der Waals surface area contributed by atoms with Crippen LogP contribution in [0.3, 0.4) is 0 Å². The van der Waals surface area contributed by atoms with Crippen molar-refractivity contribution in [3.8, 4) is 0 Å². The van der Waals surface area contributed by atoms with Crippen molar-refractivity contribution in [1.82, 2.24) is 14.8 Å². The monoisotopic (exact) mass is 369 g/mol. The number of amides is 2. The second kappa shape index (κ2) is 6.43. The lowest BCUT2D eigenvalue weighted by atomic mass is 9.81. The summed E-state index contributed by atoms with van der Waals surface area (Å²) in [6.45, 7) is 1.36. The van der Waals surface area contributed by atoms with Crippen LogP contribution in [0.15, 0.2) is 24.3 Å². The number of imide groups is 1. The van der Waals surface area contributed by atoms with Gasteiger partial charge in [-0.05, 0) is 37.8 Å². The van der Waals surface area contributed by atoms with E-state index in [9.17, 15) is 9.59 Å². The molecule has 26 heavy (non-hydrogen) atoms. The summed E-state index contributed by atoms with van der Waals surface area (Å²) in [6, 6.07) is 8.43. The molecule has 3 aliphatic rings. The van der Waals surface area contributed by atoms with Crippen LogP contribution >= 0.6 is 11.3 Å². The highest BCUT2D eigenvalue weighted by Gasteiger charge is 2.49. The Morgan fingerprint density at radius 2 is 1.73 bits per heavy atom. The lowest BCUT2D eigenvalue weighted by molar-refractivity contribution is -0.142. The Bertz CT molecular complexity index is 807. The average molecular weight is 369 g/mol. The van der Waals surface area contributed by atoms with Gasteiger partial charge in [-0.2, -0.15) is 0 Å². The van der Waals surface area contributed by atoms with Crippen molar-refractivity contribution < 1.29 is 9.59 Å². The fourth-order valence-corrected chi connectivity index (χ4v) is 6.00. The van der Waals surface area contributed by atoms with E-state index in [2.05, 4.69) is 11.0 Å². The van der Waals surface area contributed by atoms with Gasteiger partial charge in [-0.25, -0.2) is 4.98 Å². The molecule has 2 amide bonds. The number of nitrogens with zero attached hydrogens (tertiary/aromatic N) is 3. The smallest absolute Gasteiger partial charge is 0.234 e. The Morgan fingerprint density at radius 1 is 1.00 bits per heavy atom. The first kappa shape index (κ1) is 16.4. The number of hydrogen-bond acceptors (Lipinski definition) is 5. The zero-order chi connectivity index (χ0) is 17.7. The molecule has 0 radical (unpaired) electrons. The van der Waals surface area contributed by atoms with Gasteiger partial charge in [0.1, 0.15) is 5.01 Å². The molecule has 0 N–H and O–H groups in total. The summed E-state index contributed by atoms with van der Waals surface area (Å²) in [7, 11) is 0. The molecule has 1 saturated carbocycles. The van der Waals surface area contributed by atoms with Crippen LogP contribution in [0.5, 0.6) is 0 Å². The summed E-state index contributed by atoms with van der Waals surface area (Å²) in [4.78, 5) is 34.2. The molecule has 136 valence electrons. The van der Waals surface area contributed by atoms with Crippen molar-refractivity contribution in [2.75, 3.05) is 13.2 Å². The number of rotatable bonds is 3. The van der Waals surface area contributed by atoms with Crippen LogP contribution in [0.1, 0.15) is 49.6 Å². The first-order valence-corrected chi connectivity index (χ1v) is 10.5. The highest BCUT2D eigenvalue weighted by Crippen LogP contribution is 2.40. The summed E-state index contributed by atoms with van der Waals surface area (Å²) in [5.41, 5.74) is 1.04. The van der Waals surface area contributed by atoms with Gasteiger partial charge in [-0.3, -0.25) is 19.4 Å². The molecule has 0 unspecified atom stereocenters. The minimum atomic E-state index is -0.0558. The fraction of sp³-hybridized carbons (Fsp3) is 0.550. The van der Waals surface area contributed by atoms with E-state index in [0.717, 1.165) is 55.6 Å². The number of carbonyl (C=O) groups excluding carboxylic acids is 2. The highest BCUT2D eigenvalue weighted by molar-refractivity contribution is 7.18. The van der Waals surface area contributed by atoms with Crippen molar-refractivity contribution in [2.24, 2.45) is 11.8 Å². The lowest BCUT2D eigenvalue weighted by Gasteiger charge is -2.27. The van der Waals surface area contributed by atoms with E-state index in [1.54, 1.807) is 16.2 Å². The normalized spacial score (nSPS) is 29.7. The maximum atomic E-state index is 12.8. The first-order chi connectivity index (χ1) is 12.7. The molecule has 6 heteroatoms. The summed E-state index contributed by atoms with van der Waals surface area (Å²) < 4.78 is 1.20. The van der Waals surface area contributed by atoms with Crippen LogP contribution in [-0.4, -0.2) is 39.8 Å². The molecular weight excluding hydrogens is 346 g/mol. The van der Waals surface area contributed by atoms with E-state index in [1.807, 2.05) is 18.2 Å². The zero-order valence-corrected chi connectivity index (χ0v) is 15.6. The van der Waals surface area contributed by atoms with E-state index < -0.39 is 0 Å². The van der Waals surface area contributed by atoms with E-state index in [1.165, 1.54) is 4.70 Å². The van der Waals surface area contributed by atoms with E-state index in [0.29, 0.717) is 6.67 Å². The third-order valence-corrected chi connectivity index (χ3v) is 7.35. The van der Waals surface area contributed by atoms with Gasteiger partial charge in [0.15, 0.2) is 0 Å². The molecule has 5 rings (SSSR count). The molecule has 1 aromatic carbocycles. The van der Waals surface area contributed by atoms with Gasteiger partial charge < -0.3 is 0 Å². The quantitative estimate of drug-likeness (QED) is 0.776. The molecule has 1 aromatic heterocycles.